The highest BCUT2D eigenvalue weighted by Crippen LogP contribution is 1.96. The third kappa shape index (κ3) is 4.20. The average molecular weight is 189 g/mol. The molecule has 0 N–H and O–H groups in total. The van der Waals surface area contributed by atoms with Crippen LogP contribution in [-0.2, 0) is 4.79 Å². The lowest BCUT2D eigenvalue weighted by Gasteiger charge is -2.19. The van der Waals surface area contributed by atoms with E-state index >= 15 is 0 Å². The zero-order valence-electron chi connectivity index (χ0n) is 7.22. The van der Waals surface area contributed by atoms with Crippen LogP contribution in [0.25, 0.3) is 0 Å². The van der Waals surface area contributed by atoms with Gasteiger partial charge in [0.15, 0.2) is 0 Å². The van der Waals surface area contributed by atoms with Crippen molar-refractivity contribution in [2.24, 2.45) is 0 Å². The first-order chi connectivity index (χ1) is 5.76. The Morgan fingerprint density at radius 2 is 2.25 bits per heavy atom. The molecule has 0 saturated heterocycles. The highest BCUT2D eigenvalue weighted by atomic mass is 35.5. The summed E-state index contributed by atoms with van der Waals surface area (Å²) in [5.41, 5.74) is 0. The van der Waals surface area contributed by atoms with E-state index in [-0.39, 0.29) is 11.8 Å². The normalized spacial score (nSPS) is 9.08. The molecule has 0 radical (unpaired) electrons. The molecule has 0 rings (SSSR count). The molecule has 0 aromatic carbocycles. The number of alkyl halides is 1. The van der Waals surface area contributed by atoms with Crippen LogP contribution in [0.1, 0.15) is 19.8 Å². The van der Waals surface area contributed by atoms with Gasteiger partial charge in [-0.3, -0.25) is 4.79 Å². The molecule has 0 fully saturated rings. The Hall–Kier alpha value is -0.750. The molecule has 0 bridgehead atoms. The number of amides is 1. The highest BCUT2D eigenvalue weighted by Gasteiger charge is 2.09. The molecular formula is C8H13ClN2O. The Bertz CT molecular complexity index is 176. The molecule has 4 heteroatoms. The summed E-state index contributed by atoms with van der Waals surface area (Å²) in [7, 11) is 0. The lowest BCUT2D eigenvalue weighted by Crippen LogP contribution is -2.33. The summed E-state index contributed by atoms with van der Waals surface area (Å²) in [6.07, 6.45) is 1.27. The monoisotopic (exact) mass is 188 g/mol. The van der Waals surface area contributed by atoms with Crippen molar-refractivity contribution in [1.29, 1.82) is 5.26 Å². The first-order valence-electron chi connectivity index (χ1n) is 3.97. The number of halogens is 1. The third-order valence-corrected chi connectivity index (χ3v) is 1.68. The lowest BCUT2D eigenvalue weighted by atomic mass is 10.3. The summed E-state index contributed by atoms with van der Waals surface area (Å²) in [5.74, 6) is -0.0837. The first kappa shape index (κ1) is 11.2. The van der Waals surface area contributed by atoms with Gasteiger partial charge in [0.25, 0.3) is 0 Å². The topological polar surface area (TPSA) is 44.1 Å². The van der Waals surface area contributed by atoms with Crippen molar-refractivity contribution < 1.29 is 4.79 Å². The van der Waals surface area contributed by atoms with Crippen molar-refractivity contribution >= 4 is 17.5 Å². The van der Waals surface area contributed by atoms with Crippen molar-refractivity contribution in [3.63, 3.8) is 0 Å². The van der Waals surface area contributed by atoms with Crippen LogP contribution in [0.5, 0.6) is 0 Å². The SMILES string of the molecule is CCCN(CCC#N)C(=O)CCl. The molecule has 68 valence electrons. The number of hydrogen-bond donors (Lipinski definition) is 0. The molecule has 0 heterocycles. The molecule has 0 saturated carbocycles. The Balaban J connectivity index is 3.86. The zero-order valence-corrected chi connectivity index (χ0v) is 7.97. The van der Waals surface area contributed by atoms with Crippen molar-refractivity contribution in [2.45, 2.75) is 19.8 Å². The van der Waals surface area contributed by atoms with Crippen LogP contribution in [-0.4, -0.2) is 29.8 Å². The standard InChI is InChI=1S/C8H13ClN2O/c1-2-5-11(6-3-4-10)8(12)7-9/h2-3,5-7H2,1H3. The fourth-order valence-electron chi connectivity index (χ4n) is 0.901. The summed E-state index contributed by atoms with van der Waals surface area (Å²) in [6, 6.07) is 2.00. The molecule has 12 heavy (non-hydrogen) atoms. The van der Waals surface area contributed by atoms with Crippen molar-refractivity contribution in [3.8, 4) is 6.07 Å². The number of carbonyl (C=O) groups excluding carboxylic acids is 1. The minimum Gasteiger partial charge on any atom is -0.341 e. The van der Waals surface area contributed by atoms with Gasteiger partial charge in [0.2, 0.25) is 5.91 Å². The van der Waals surface area contributed by atoms with Crippen molar-refractivity contribution in [3.05, 3.63) is 0 Å². The average Bonchev–Trinajstić information content (AvgIpc) is 2.11. The van der Waals surface area contributed by atoms with Crippen LogP contribution in [0.15, 0.2) is 0 Å². The molecule has 0 aliphatic heterocycles. The Morgan fingerprint density at radius 1 is 1.58 bits per heavy atom. The van der Waals surface area contributed by atoms with Gasteiger partial charge in [-0.1, -0.05) is 6.92 Å². The van der Waals surface area contributed by atoms with E-state index in [1.807, 2.05) is 13.0 Å². The number of nitrogens with zero attached hydrogens (tertiary/aromatic N) is 2. The summed E-state index contributed by atoms with van der Waals surface area (Å²) in [4.78, 5) is 12.7. The fourth-order valence-corrected chi connectivity index (χ4v) is 1.07. The second-order valence-electron chi connectivity index (χ2n) is 2.42. The van der Waals surface area contributed by atoms with Gasteiger partial charge < -0.3 is 4.90 Å². The minimum atomic E-state index is -0.0891. The predicted molar refractivity (Wildman–Crippen MR) is 47.8 cm³/mol. The summed E-state index contributed by atoms with van der Waals surface area (Å²) >= 11 is 5.39. The van der Waals surface area contributed by atoms with Crippen LogP contribution >= 0.6 is 11.6 Å². The van der Waals surface area contributed by atoms with Crippen molar-refractivity contribution in [2.75, 3.05) is 19.0 Å². The third-order valence-electron chi connectivity index (χ3n) is 1.45. The van der Waals surface area contributed by atoms with Gasteiger partial charge >= 0.3 is 0 Å². The predicted octanol–water partition coefficient (Wildman–Crippen LogP) is 1.38. The van der Waals surface area contributed by atoms with Gasteiger partial charge in [-0.15, -0.1) is 11.6 Å². The summed E-state index contributed by atoms with van der Waals surface area (Å²) in [6.45, 7) is 3.17. The van der Waals surface area contributed by atoms with E-state index in [0.29, 0.717) is 19.5 Å². The van der Waals surface area contributed by atoms with Crippen LogP contribution < -0.4 is 0 Å². The van der Waals surface area contributed by atoms with E-state index in [1.165, 1.54) is 0 Å². The molecule has 0 aromatic rings. The number of rotatable bonds is 5. The van der Waals surface area contributed by atoms with E-state index in [9.17, 15) is 4.79 Å². The van der Waals surface area contributed by atoms with Crippen LogP contribution in [0.4, 0.5) is 0 Å². The molecule has 0 aromatic heterocycles. The molecule has 0 spiro atoms. The Morgan fingerprint density at radius 3 is 2.67 bits per heavy atom. The van der Waals surface area contributed by atoms with Gasteiger partial charge in [0.05, 0.1) is 12.5 Å². The quantitative estimate of drug-likeness (QED) is 0.612. The highest BCUT2D eigenvalue weighted by molar-refractivity contribution is 6.27. The van der Waals surface area contributed by atoms with Crippen LogP contribution in [0.2, 0.25) is 0 Å². The van der Waals surface area contributed by atoms with Gasteiger partial charge in [-0.05, 0) is 6.42 Å². The van der Waals surface area contributed by atoms with E-state index in [4.69, 9.17) is 16.9 Å². The molecule has 1 amide bonds. The van der Waals surface area contributed by atoms with E-state index in [0.717, 1.165) is 6.42 Å². The number of nitriles is 1. The first-order valence-corrected chi connectivity index (χ1v) is 4.50. The van der Waals surface area contributed by atoms with Crippen LogP contribution in [0.3, 0.4) is 0 Å². The maximum absolute atomic E-state index is 11.1. The summed E-state index contributed by atoms with van der Waals surface area (Å²) < 4.78 is 0. The van der Waals surface area contributed by atoms with Gasteiger partial charge in [0, 0.05) is 13.1 Å². The van der Waals surface area contributed by atoms with E-state index < -0.39 is 0 Å². The number of carbonyl (C=O) groups is 1. The maximum Gasteiger partial charge on any atom is 0.237 e. The second-order valence-corrected chi connectivity index (χ2v) is 2.69. The summed E-state index contributed by atoms with van der Waals surface area (Å²) in [5, 5.41) is 8.32. The van der Waals surface area contributed by atoms with E-state index in [2.05, 4.69) is 0 Å². The van der Waals surface area contributed by atoms with Crippen molar-refractivity contribution in [1.82, 2.24) is 4.90 Å². The molecule has 0 atom stereocenters. The van der Waals surface area contributed by atoms with Crippen LogP contribution in [0, 0.1) is 11.3 Å². The van der Waals surface area contributed by atoms with Gasteiger partial charge in [-0.25, -0.2) is 0 Å². The van der Waals surface area contributed by atoms with Gasteiger partial charge in [0.1, 0.15) is 5.88 Å². The molecule has 0 unspecified atom stereocenters. The molecule has 3 nitrogen and oxygen atoms in total. The second kappa shape index (κ2) is 6.93. The smallest absolute Gasteiger partial charge is 0.237 e. The number of hydrogen-bond acceptors (Lipinski definition) is 2. The van der Waals surface area contributed by atoms with Gasteiger partial charge in [-0.2, -0.15) is 5.26 Å². The Kier molecular flexibility index (Phi) is 6.50. The molecule has 0 aliphatic carbocycles. The Labute approximate surface area is 77.9 Å². The molecule has 0 aliphatic rings. The van der Waals surface area contributed by atoms with E-state index in [1.54, 1.807) is 4.90 Å². The fraction of sp³-hybridized carbons (Fsp3) is 0.750. The lowest BCUT2D eigenvalue weighted by molar-refractivity contribution is -0.128. The molecular weight excluding hydrogens is 176 g/mol. The minimum absolute atomic E-state index is 0.00539. The maximum atomic E-state index is 11.1. The largest absolute Gasteiger partial charge is 0.341 e. The zero-order chi connectivity index (χ0) is 9.40.